The molecule has 1 aromatic rings. The van der Waals surface area contributed by atoms with Crippen LogP contribution in [0.25, 0.3) is 0 Å². The van der Waals surface area contributed by atoms with E-state index >= 15 is 0 Å². The van der Waals surface area contributed by atoms with Crippen molar-refractivity contribution in [3.63, 3.8) is 0 Å². The summed E-state index contributed by atoms with van der Waals surface area (Å²) in [6.45, 7) is 12.2. The predicted molar refractivity (Wildman–Crippen MR) is 92.4 cm³/mol. The third-order valence-corrected chi connectivity index (χ3v) is 3.79. The maximum atomic E-state index is 12.4. The molecule has 23 heavy (non-hydrogen) atoms. The molecule has 0 saturated heterocycles. The first-order valence-electron chi connectivity index (χ1n) is 8.27. The number of carbonyl (C=O) groups is 2. The standard InChI is InChI=1S/C19H29NO3/c1-7-23-19(22)17(8-12(2)3)20-18(21)11-16-14(5)9-13(4)10-15(16)6/h9-10,12,17H,7-8,11H2,1-6H3,(H,20,21). The lowest BCUT2D eigenvalue weighted by Crippen LogP contribution is -2.43. The highest BCUT2D eigenvalue weighted by Crippen LogP contribution is 2.17. The number of amides is 1. The Morgan fingerprint density at radius 2 is 1.70 bits per heavy atom. The van der Waals surface area contributed by atoms with E-state index in [0.29, 0.717) is 18.9 Å². The van der Waals surface area contributed by atoms with Crippen molar-refractivity contribution in [3.8, 4) is 0 Å². The van der Waals surface area contributed by atoms with Crippen LogP contribution < -0.4 is 5.32 Å². The molecule has 0 aliphatic rings. The summed E-state index contributed by atoms with van der Waals surface area (Å²) in [6.07, 6.45) is 0.863. The van der Waals surface area contributed by atoms with Gasteiger partial charge in [0, 0.05) is 0 Å². The number of hydrogen-bond donors (Lipinski definition) is 1. The molecule has 0 heterocycles. The van der Waals surface area contributed by atoms with Crippen LogP contribution in [0.15, 0.2) is 12.1 Å². The van der Waals surface area contributed by atoms with Gasteiger partial charge >= 0.3 is 5.97 Å². The highest BCUT2D eigenvalue weighted by atomic mass is 16.5. The Balaban J connectivity index is 2.81. The molecule has 1 unspecified atom stereocenters. The van der Waals surface area contributed by atoms with Gasteiger partial charge in [-0.3, -0.25) is 4.79 Å². The molecule has 0 saturated carbocycles. The molecular formula is C19H29NO3. The topological polar surface area (TPSA) is 55.4 Å². The molecular weight excluding hydrogens is 290 g/mol. The summed E-state index contributed by atoms with van der Waals surface area (Å²) in [7, 11) is 0. The molecule has 4 heteroatoms. The summed E-state index contributed by atoms with van der Waals surface area (Å²) in [4.78, 5) is 24.4. The number of hydrogen-bond acceptors (Lipinski definition) is 3. The predicted octanol–water partition coefficient (Wildman–Crippen LogP) is 3.25. The Bertz CT molecular complexity index is 541. The highest BCUT2D eigenvalue weighted by molar-refractivity contribution is 5.86. The van der Waals surface area contributed by atoms with E-state index < -0.39 is 6.04 Å². The Hall–Kier alpha value is -1.84. The van der Waals surface area contributed by atoms with Gasteiger partial charge in [-0.05, 0) is 56.7 Å². The maximum absolute atomic E-state index is 12.4. The molecule has 0 bridgehead atoms. The fraction of sp³-hybridized carbons (Fsp3) is 0.579. The van der Waals surface area contributed by atoms with Crippen molar-refractivity contribution in [2.75, 3.05) is 6.61 Å². The van der Waals surface area contributed by atoms with Crippen molar-refractivity contribution in [3.05, 3.63) is 34.4 Å². The minimum absolute atomic E-state index is 0.140. The number of esters is 1. The van der Waals surface area contributed by atoms with E-state index in [4.69, 9.17) is 4.74 Å². The molecule has 1 aromatic carbocycles. The van der Waals surface area contributed by atoms with Gasteiger partial charge in [-0.15, -0.1) is 0 Å². The third kappa shape index (κ3) is 6.05. The van der Waals surface area contributed by atoms with Crippen LogP contribution in [0.4, 0.5) is 0 Å². The molecule has 1 rings (SSSR count). The van der Waals surface area contributed by atoms with Crippen LogP contribution >= 0.6 is 0 Å². The Morgan fingerprint density at radius 3 is 2.17 bits per heavy atom. The average Bonchev–Trinajstić information content (AvgIpc) is 2.41. The molecule has 0 radical (unpaired) electrons. The normalized spacial score (nSPS) is 12.1. The van der Waals surface area contributed by atoms with Gasteiger partial charge < -0.3 is 10.1 Å². The van der Waals surface area contributed by atoms with Gasteiger partial charge in [0.05, 0.1) is 13.0 Å². The summed E-state index contributed by atoms with van der Waals surface area (Å²) in [5.74, 6) is -0.196. The Morgan fingerprint density at radius 1 is 1.13 bits per heavy atom. The van der Waals surface area contributed by atoms with Crippen molar-refractivity contribution >= 4 is 11.9 Å². The van der Waals surface area contributed by atoms with Crippen molar-refractivity contribution < 1.29 is 14.3 Å². The molecule has 0 aliphatic heterocycles. The van der Waals surface area contributed by atoms with Crippen LogP contribution in [0, 0.1) is 26.7 Å². The monoisotopic (exact) mass is 319 g/mol. The molecule has 0 spiro atoms. The van der Waals surface area contributed by atoms with E-state index in [1.807, 2.05) is 34.6 Å². The summed E-state index contributed by atoms with van der Waals surface area (Å²) < 4.78 is 5.07. The number of nitrogens with one attached hydrogen (secondary N) is 1. The SMILES string of the molecule is CCOC(=O)C(CC(C)C)NC(=O)Cc1c(C)cc(C)cc1C. The molecule has 4 nitrogen and oxygen atoms in total. The van der Waals surface area contributed by atoms with E-state index in [2.05, 4.69) is 17.4 Å². The zero-order valence-electron chi connectivity index (χ0n) is 15.2. The Kier molecular flexibility index (Phi) is 7.27. The van der Waals surface area contributed by atoms with Crippen LogP contribution in [0.3, 0.4) is 0 Å². The largest absolute Gasteiger partial charge is 0.464 e. The van der Waals surface area contributed by atoms with E-state index in [1.165, 1.54) is 5.56 Å². The minimum Gasteiger partial charge on any atom is -0.464 e. The molecule has 1 amide bonds. The fourth-order valence-corrected chi connectivity index (χ4v) is 2.82. The van der Waals surface area contributed by atoms with Gasteiger partial charge in [-0.25, -0.2) is 4.79 Å². The van der Waals surface area contributed by atoms with Gasteiger partial charge in [0.25, 0.3) is 0 Å². The molecule has 0 aliphatic carbocycles. The number of ether oxygens (including phenoxy) is 1. The second-order valence-corrected chi connectivity index (χ2v) is 6.56. The van der Waals surface area contributed by atoms with Gasteiger partial charge in [-0.1, -0.05) is 31.5 Å². The first kappa shape index (κ1) is 19.2. The lowest BCUT2D eigenvalue weighted by atomic mass is 9.96. The summed E-state index contributed by atoms with van der Waals surface area (Å²) in [6, 6.07) is 3.58. The quantitative estimate of drug-likeness (QED) is 0.785. The van der Waals surface area contributed by atoms with Crippen molar-refractivity contribution in [1.29, 1.82) is 0 Å². The number of rotatable bonds is 7. The minimum atomic E-state index is -0.575. The van der Waals surface area contributed by atoms with Gasteiger partial charge in [0.2, 0.25) is 5.91 Å². The molecule has 0 aromatic heterocycles. The van der Waals surface area contributed by atoms with Crippen molar-refractivity contribution in [1.82, 2.24) is 5.32 Å². The zero-order valence-corrected chi connectivity index (χ0v) is 15.2. The number of benzene rings is 1. The zero-order chi connectivity index (χ0) is 17.6. The van der Waals surface area contributed by atoms with E-state index in [1.54, 1.807) is 6.92 Å². The highest BCUT2D eigenvalue weighted by Gasteiger charge is 2.23. The molecule has 1 atom stereocenters. The third-order valence-electron chi connectivity index (χ3n) is 3.79. The summed E-state index contributed by atoms with van der Waals surface area (Å²) >= 11 is 0. The maximum Gasteiger partial charge on any atom is 0.328 e. The second-order valence-electron chi connectivity index (χ2n) is 6.56. The van der Waals surface area contributed by atoms with Gasteiger partial charge in [-0.2, -0.15) is 0 Å². The first-order chi connectivity index (χ1) is 10.7. The van der Waals surface area contributed by atoms with Gasteiger partial charge in [0.1, 0.15) is 6.04 Å². The van der Waals surface area contributed by atoms with Crippen LogP contribution in [0.1, 0.15) is 49.4 Å². The molecule has 1 N–H and O–H groups in total. The summed E-state index contributed by atoms with van der Waals surface area (Å²) in [5.41, 5.74) is 4.43. The van der Waals surface area contributed by atoms with Crippen LogP contribution in [-0.4, -0.2) is 24.5 Å². The fourth-order valence-electron chi connectivity index (χ4n) is 2.82. The Labute approximate surface area is 139 Å². The van der Waals surface area contributed by atoms with Crippen LogP contribution in [0.5, 0.6) is 0 Å². The lowest BCUT2D eigenvalue weighted by Gasteiger charge is -2.20. The van der Waals surface area contributed by atoms with E-state index in [9.17, 15) is 9.59 Å². The second kappa shape index (κ2) is 8.70. The number of carbonyl (C=O) groups excluding carboxylic acids is 2. The van der Waals surface area contributed by atoms with E-state index in [-0.39, 0.29) is 18.3 Å². The van der Waals surface area contributed by atoms with Crippen LogP contribution in [-0.2, 0) is 20.7 Å². The number of aryl methyl sites for hydroxylation is 3. The smallest absolute Gasteiger partial charge is 0.328 e. The summed E-state index contributed by atoms with van der Waals surface area (Å²) in [5, 5.41) is 2.84. The van der Waals surface area contributed by atoms with Crippen molar-refractivity contribution in [2.45, 2.75) is 60.4 Å². The van der Waals surface area contributed by atoms with E-state index in [0.717, 1.165) is 16.7 Å². The molecule has 0 fully saturated rings. The first-order valence-corrected chi connectivity index (χ1v) is 8.27. The van der Waals surface area contributed by atoms with Gasteiger partial charge in [0.15, 0.2) is 0 Å². The lowest BCUT2D eigenvalue weighted by molar-refractivity contribution is -0.147. The van der Waals surface area contributed by atoms with Crippen LogP contribution in [0.2, 0.25) is 0 Å². The molecule has 128 valence electrons. The van der Waals surface area contributed by atoms with Crippen molar-refractivity contribution in [2.24, 2.45) is 5.92 Å². The average molecular weight is 319 g/mol.